The Bertz CT molecular complexity index is 649. The van der Waals surface area contributed by atoms with Gasteiger partial charge in [0.2, 0.25) is 0 Å². The number of hydrogen-bond donors (Lipinski definition) is 1. The summed E-state index contributed by atoms with van der Waals surface area (Å²) in [5.41, 5.74) is -0.641. The van der Waals surface area contributed by atoms with Crippen LogP contribution in [0.25, 0.3) is 0 Å². The average molecular weight is 343 g/mol. The van der Waals surface area contributed by atoms with Gasteiger partial charge in [0, 0.05) is 29.4 Å². The summed E-state index contributed by atoms with van der Waals surface area (Å²) in [5, 5.41) is 9.06. The van der Waals surface area contributed by atoms with E-state index in [2.05, 4.69) is 0 Å². The molecule has 128 valence electrons. The highest BCUT2D eigenvalue weighted by molar-refractivity contribution is 7.14. The van der Waals surface area contributed by atoms with Crippen molar-refractivity contribution in [1.82, 2.24) is 4.90 Å². The molecule has 1 aliphatic carbocycles. The van der Waals surface area contributed by atoms with Gasteiger partial charge in [0.05, 0.1) is 0 Å². The van der Waals surface area contributed by atoms with Crippen molar-refractivity contribution in [3.05, 3.63) is 21.1 Å². The van der Waals surface area contributed by atoms with Crippen LogP contribution in [0.15, 0.2) is 0 Å². The van der Waals surface area contributed by atoms with Crippen molar-refractivity contribution in [2.45, 2.75) is 58.1 Å². The fourth-order valence-corrected chi connectivity index (χ4v) is 3.93. The molecule has 0 aromatic carbocycles. The molecule has 1 amide bonds. The number of rotatable bonds is 2. The number of ether oxygens (including phenoxy) is 1. The lowest BCUT2D eigenvalue weighted by molar-refractivity contribution is 0.00564. The predicted octanol–water partition coefficient (Wildman–Crippen LogP) is 3.70. The van der Waals surface area contributed by atoms with E-state index in [0.717, 1.165) is 11.3 Å². The molecule has 23 heavy (non-hydrogen) atoms. The highest BCUT2D eigenvalue weighted by Gasteiger charge is 2.40. The highest BCUT2D eigenvalue weighted by Crippen LogP contribution is 2.39. The van der Waals surface area contributed by atoms with Crippen LogP contribution in [-0.4, -0.2) is 40.3 Å². The monoisotopic (exact) mass is 343 g/mol. The Balaban J connectivity index is 2.24. The van der Waals surface area contributed by atoms with Gasteiger partial charge in [-0.05, 0) is 40.5 Å². The number of hydrogen-bond acceptors (Lipinski definition) is 4. The zero-order chi connectivity index (χ0) is 17.6. The van der Waals surface area contributed by atoms with Crippen LogP contribution in [-0.2, 0) is 17.6 Å². The summed E-state index contributed by atoms with van der Waals surface area (Å²) in [6, 6.07) is 0. The van der Waals surface area contributed by atoms with Crippen molar-refractivity contribution in [3.63, 3.8) is 0 Å². The lowest BCUT2D eigenvalue weighted by Gasteiger charge is -2.41. The number of thiophene rings is 1. The maximum Gasteiger partial charge on any atom is 0.410 e. The first-order valence-corrected chi connectivity index (χ1v) is 8.26. The minimum Gasteiger partial charge on any atom is -0.477 e. The van der Waals surface area contributed by atoms with E-state index in [4.69, 9.17) is 9.84 Å². The summed E-state index contributed by atoms with van der Waals surface area (Å²) in [7, 11) is 1.67. The topological polar surface area (TPSA) is 66.8 Å². The lowest BCUT2D eigenvalue weighted by Crippen LogP contribution is -2.52. The first kappa shape index (κ1) is 17.7. The fourth-order valence-electron chi connectivity index (χ4n) is 2.68. The van der Waals surface area contributed by atoms with Crippen LogP contribution in [0.4, 0.5) is 9.18 Å². The Morgan fingerprint density at radius 3 is 2.52 bits per heavy atom. The van der Waals surface area contributed by atoms with Gasteiger partial charge < -0.3 is 14.7 Å². The molecule has 1 aromatic heterocycles. The molecular weight excluding hydrogens is 321 g/mol. The second kappa shape index (κ2) is 5.78. The van der Waals surface area contributed by atoms with Crippen LogP contribution in [0.2, 0.25) is 0 Å². The molecule has 7 heteroatoms. The number of carboxylic acids is 1. The summed E-state index contributed by atoms with van der Waals surface area (Å²) < 4.78 is 19.5. The van der Waals surface area contributed by atoms with Gasteiger partial charge in [-0.1, -0.05) is 0 Å². The van der Waals surface area contributed by atoms with Crippen molar-refractivity contribution >= 4 is 23.4 Å². The van der Waals surface area contributed by atoms with Gasteiger partial charge in [0.25, 0.3) is 0 Å². The molecule has 1 heterocycles. The van der Waals surface area contributed by atoms with Crippen LogP contribution >= 0.6 is 11.3 Å². The van der Waals surface area contributed by atoms with Gasteiger partial charge >= 0.3 is 12.1 Å². The number of carbonyl (C=O) groups is 2. The molecule has 0 aliphatic heterocycles. The average Bonchev–Trinajstić information content (AvgIpc) is 2.72. The second-order valence-corrected chi connectivity index (χ2v) is 8.27. The van der Waals surface area contributed by atoms with Crippen molar-refractivity contribution in [2.24, 2.45) is 0 Å². The van der Waals surface area contributed by atoms with Crippen molar-refractivity contribution < 1.29 is 23.8 Å². The number of carbonyl (C=O) groups excluding carboxylic acids is 1. The Morgan fingerprint density at radius 1 is 1.39 bits per heavy atom. The van der Waals surface area contributed by atoms with Gasteiger partial charge in [0.1, 0.15) is 10.5 Å². The zero-order valence-electron chi connectivity index (χ0n) is 14.0. The molecule has 0 spiro atoms. The minimum absolute atomic E-state index is 0.251. The number of likely N-dealkylation sites (N-methyl/N-ethyl adjacent to an activating group) is 1. The van der Waals surface area contributed by atoms with Crippen LogP contribution in [0, 0.1) is 5.82 Å². The number of nitrogens with zero attached hydrogens (tertiary/aromatic N) is 1. The molecule has 0 bridgehead atoms. The summed E-state index contributed by atoms with van der Waals surface area (Å²) in [6.45, 7) is 7.31. The van der Waals surface area contributed by atoms with E-state index in [1.807, 2.05) is 6.92 Å². The SMILES string of the molecule is CN(C(=O)OC(C)(C)C)C1(C)CCc2c(sc(C(=O)O)c2F)C1. The summed E-state index contributed by atoms with van der Waals surface area (Å²) >= 11 is 0.961. The van der Waals surface area contributed by atoms with E-state index in [1.54, 1.807) is 32.7 Å². The Hall–Kier alpha value is -1.63. The highest BCUT2D eigenvalue weighted by atomic mass is 32.1. The largest absolute Gasteiger partial charge is 0.477 e. The van der Waals surface area contributed by atoms with Crippen LogP contribution < -0.4 is 0 Å². The van der Waals surface area contributed by atoms with Gasteiger partial charge in [-0.15, -0.1) is 11.3 Å². The Kier molecular flexibility index (Phi) is 4.45. The maximum atomic E-state index is 14.1. The number of aromatic carboxylic acids is 1. The Morgan fingerprint density at radius 2 is 2.00 bits per heavy atom. The first-order chi connectivity index (χ1) is 10.4. The number of amides is 1. The molecule has 1 aromatic rings. The third kappa shape index (κ3) is 3.49. The van der Waals surface area contributed by atoms with E-state index in [9.17, 15) is 14.0 Å². The smallest absolute Gasteiger partial charge is 0.410 e. The molecule has 5 nitrogen and oxygen atoms in total. The molecule has 0 fully saturated rings. The molecule has 1 aliphatic rings. The third-order valence-electron chi connectivity index (χ3n) is 4.15. The van der Waals surface area contributed by atoms with Gasteiger partial charge in [-0.3, -0.25) is 0 Å². The number of fused-ring (bicyclic) bond motifs is 1. The lowest BCUT2D eigenvalue weighted by atomic mass is 9.82. The van der Waals surface area contributed by atoms with Crippen LogP contribution in [0.3, 0.4) is 0 Å². The summed E-state index contributed by atoms with van der Waals surface area (Å²) in [5.74, 6) is -1.87. The minimum atomic E-state index is -1.25. The predicted molar refractivity (Wildman–Crippen MR) is 85.7 cm³/mol. The Labute approximate surface area is 139 Å². The molecule has 2 rings (SSSR count). The van der Waals surface area contributed by atoms with Crippen LogP contribution in [0.5, 0.6) is 0 Å². The zero-order valence-corrected chi connectivity index (χ0v) is 14.8. The van der Waals surface area contributed by atoms with E-state index in [0.29, 0.717) is 29.7 Å². The number of carboxylic acid groups (broad SMARTS) is 1. The van der Waals surface area contributed by atoms with E-state index < -0.39 is 29.0 Å². The molecule has 1 N–H and O–H groups in total. The molecular formula is C16H22FNO4S. The number of halogens is 1. The second-order valence-electron chi connectivity index (χ2n) is 7.17. The summed E-state index contributed by atoms with van der Waals surface area (Å²) in [4.78, 5) is 25.4. The van der Waals surface area contributed by atoms with Gasteiger partial charge in [-0.25, -0.2) is 14.0 Å². The molecule has 1 atom stereocenters. The van der Waals surface area contributed by atoms with Gasteiger partial charge in [-0.2, -0.15) is 0 Å². The van der Waals surface area contributed by atoms with E-state index >= 15 is 0 Å². The quantitative estimate of drug-likeness (QED) is 0.889. The van der Waals surface area contributed by atoms with Crippen molar-refractivity contribution in [3.8, 4) is 0 Å². The first-order valence-electron chi connectivity index (χ1n) is 7.45. The van der Waals surface area contributed by atoms with E-state index in [1.165, 1.54) is 0 Å². The standard InChI is InChI=1S/C16H22FNO4S/c1-15(2,3)22-14(21)18(5)16(4)7-6-9-10(8-16)23-12(11(9)17)13(19)20/h6-8H2,1-5H3,(H,19,20). The fraction of sp³-hybridized carbons (Fsp3) is 0.625. The van der Waals surface area contributed by atoms with Crippen molar-refractivity contribution in [2.75, 3.05) is 7.05 Å². The maximum absolute atomic E-state index is 14.1. The van der Waals surface area contributed by atoms with Crippen LogP contribution in [0.1, 0.15) is 54.2 Å². The van der Waals surface area contributed by atoms with Crippen molar-refractivity contribution in [1.29, 1.82) is 0 Å². The molecule has 0 radical (unpaired) electrons. The molecule has 1 unspecified atom stereocenters. The van der Waals surface area contributed by atoms with Gasteiger partial charge in [0.15, 0.2) is 5.82 Å². The molecule has 0 saturated heterocycles. The molecule has 0 saturated carbocycles. The van der Waals surface area contributed by atoms with E-state index in [-0.39, 0.29) is 4.88 Å². The summed E-state index contributed by atoms with van der Waals surface area (Å²) in [6.07, 6.45) is 0.961. The third-order valence-corrected chi connectivity index (χ3v) is 5.35. The normalized spacial score (nSPS) is 20.8.